The zero-order valence-corrected chi connectivity index (χ0v) is 20.3. The van der Waals surface area contributed by atoms with Crippen LogP contribution in [0.5, 0.6) is 5.75 Å². The Hall–Kier alpha value is -3.20. The molecule has 1 saturated heterocycles. The topological polar surface area (TPSA) is 82.1 Å². The Balaban J connectivity index is 1.31. The smallest absolute Gasteiger partial charge is 0.242 e. The van der Waals surface area contributed by atoms with E-state index in [0.29, 0.717) is 32.7 Å². The summed E-state index contributed by atoms with van der Waals surface area (Å²) in [5.41, 5.74) is 1.74. The lowest BCUT2D eigenvalue weighted by Crippen LogP contribution is -2.52. The van der Waals surface area contributed by atoms with Crippen molar-refractivity contribution in [2.45, 2.75) is 12.8 Å². The zero-order chi connectivity index (χ0) is 24.1. The summed E-state index contributed by atoms with van der Waals surface area (Å²) in [6.45, 7) is 4.10. The number of ether oxygens (including phenoxy) is 1. The van der Waals surface area contributed by atoms with Crippen LogP contribution < -0.4 is 9.64 Å². The van der Waals surface area contributed by atoms with E-state index in [2.05, 4.69) is 15.1 Å². The van der Waals surface area contributed by atoms with E-state index in [-0.39, 0.29) is 24.3 Å². The van der Waals surface area contributed by atoms with Crippen LogP contribution in [0.4, 0.5) is 5.82 Å². The molecule has 0 unspecified atom stereocenters. The van der Waals surface area contributed by atoms with Gasteiger partial charge in [-0.15, -0.1) is 10.2 Å². The van der Waals surface area contributed by atoms with Crippen LogP contribution in [0.1, 0.15) is 12.8 Å². The number of nitrogens with zero attached hydrogens (tertiary/aromatic N) is 6. The number of piperazine rings is 1. The van der Waals surface area contributed by atoms with Crippen molar-refractivity contribution in [2.75, 3.05) is 71.9 Å². The molecule has 0 bridgehead atoms. The number of hydrogen-bond donors (Lipinski definition) is 0. The predicted molar refractivity (Wildman–Crippen MR) is 131 cm³/mol. The lowest BCUT2D eigenvalue weighted by atomic mass is 10.1. The minimum absolute atomic E-state index is 0.0202. The normalized spacial score (nSPS) is 16.0. The monoisotopic (exact) mass is 466 g/mol. The molecule has 2 amide bonds. The van der Waals surface area contributed by atoms with Gasteiger partial charge in [-0.2, -0.15) is 0 Å². The number of carbonyl (C=O) groups excluding carboxylic acids is 2. The highest BCUT2D eigenvalue weighted by atomic mass is 16.5. The maximum Gasteiger partial charge on any atom is 0.242 e. The van der Waals surface area contributed by atoms with Gasteiger partial charge < -0.3 is 24.3 Å². The first-order valence-electron chi connectivity index (χ1n) is 11.9. The van der Waals surface area contributed by atoms with Crippen molar-refractivity contribution < 1.29 is 14.3 Å². The van der Waals surface area contributed by atoms with Crippen LogP contribution in [-0.2, 0) is 9.59 Å². The SMILES string of the molecule is COc1cccc(-c2ccc(N3CCN(C(=O)CN(CCN(C)C)C(=O)C4CC4)CC3)nn2)c1. The van der Waals surface area contributed by atoms with E-state index >= 15 is 0 Å². The summed E-state index contributed by atoms with van der Waals surface area (Å²) in [4.78, 5) is 33.4. The Morgan fingerprint density at radius 3 is 2.41 bits per heavy atom. The van der Waals surface area contributed by atoms with Crippen LogP contribution in [-0.4, -0.2) is 104 Å². The number of carbonyl (C=O) groups is 2. The number of rotatable bonds is 9. The first-order chi connectivity index (χ1) is 16.4. The summed E-state index contributed by atoms with van der Waals surface area (Å²) in [7, 11) is 5.60. The number of anilines is 1. The maximum absolute atomic E-state index is 13.0. The van der Waals surface area contributed by atoms with Gasteiger partial charge in [-0.05, 0) is 51.2 Å². The van der Waals surface area contributed by atoms with E-state index in [1.165, 1.54) is 0 Å². The zero-order valence-electron chi connectivity index (χ0n) is 20.3. The van der Waals surface area contributed by atoms with Gasteiger partial charge in [0.05, 0.1) is 19.3 Å². The highest BCUT2D eigenvalue weighted by Crippen LogP contribution is 2.31. The van der Waals surface area contributed by atoms with Gasteiger partial charge in [-0.1, -0.05) is 12.1 Å². The highest BCUT2D eigenvalue weighted by molar-refractivity contribution is 5.87. The molecule has 2 aliphatic rings. The minimum atomic E-state index is 0.0202. The summed E-state index contributed by atoms with van der Waals surface area (Å²) in [6.07, 6.45) is 1.89. The van der Waals surface area contributed by atoms with Gasteiger partial charge in [0, 0.05) is 50.7 Å². The van der Waals surface area contributed by atoms with Crippen LogP contribution >= 0.6 is 0 Å². The second-order valence-corrected chi connectivity index (χ2v) is 9.21. The second kappa shape index (κ2) is 10.8. The van der Waals surface area contributed by atoms with Crippen molar-refractivity contribution in [1.29, 1.82) is 0 Å². The molecule has 1 aliphatic heterocycles. The van der Waals surface area contributed by atoms with E-state index in [9.17, 15) is 9.59 Å². The van der Waals surface area contributed by atoms with Crippen molar-refractivity contribution in [3.63, 3.8) is 0 Å². The van der Waals surface area contributed by atoms with E-state index in [0.717, 1.165) is 42.2 Å². The largest absolute Gasteiger partial charge is 0.497 e. The van der Waals surface area contributed by atoms with E-state index in [1.807, 2.05) is 60.3 Å². The third-order valence-corrected chi connectivity index (χ3v) is 6.35. The fourth-order valence-electron chi connectivity index (χ4n) is 4.05. The summed E-state index contributed by atoms with van der Waals surface area (Å²) >= 11 is 0. The van der Waals surface area contributed by atoms with Gasteiger partial charge in [0.25, 0.3) is 0 Å². The number of amides is 2. The van der Waals surface area contributed by atoms with E-state index in [1.54, 1.807) is 12.0 Å². The first-order valence-corrected chi connectivity index (χ1v) is 11.9. The quantitative estimate of drug-likeness (QED) is 0.555. The highest BCUT2D eigenvalue weighted by Gasteiger charge is 2.35. The Morgan fingerprint density at radius 1 is 1.03 bits per heavy atom. The molecule has 9 heteroatoms. The molecule has 0 N–H and O–H groups in total. The Bertz CT molecular complexity index is 984. The van der Waals surface area contributed by atoms with Crippen LogP contribution in [0.25, 0.3) is 11.3 Å². The fraction of sp³-hybridized carbons (Fsp3) is 0.520. The second-order valence-electron chi connectivity index (χ2n) is 9.21. The molecule has 1 aliphatic carbocycles. The number of aromatic nitrogens is 2. The van der Waals surface area contributed by atoms with Gasteiger partial charge in [-0.25, -0.2) is 0 Å². The molecule has 0 atom stereocenters. The molecule has 2 aromatic rings. The first kappa shape index (κ1) is 23.9. The summed E-state index contributed by atoms with van der Waals surface area (Å²) < 4.78 is 5.29. The molecule has 0 spiro atoms. The minimum Gasteiger partial charge on any atom is -0.497 e. The molecule has 9 nitrogen and oxygen atoms in total. The Morgan fingerprint density at radius 2 is 1.79 bits per heavy atom. The fourth-order valence-corrected chi connectivity index (χ4v) is 4.05. The van der Waals surface area contributed by atoms with E-state index in [4.69, 9.17) is 4.74 Å². The molecule has 4 rings (SSSR count). The van der Waals surface area contributed by atoms with Gasteiger partial charge in [0.1, 0.15) is 5.75 Å². The summed E-state index contributed by atoms with van der Waals surface area (Å²) in [6, 6.07) is 11.7. The molecule has 0 radical (unpaired) electrons. The molecule has 2 fully saturated rings. The summed E-state index contributed by atoms with van der Waals surface area (Å²) in [5, 5.41) is 8.81. The lowest BCUT2D eigenvalue weighted by Gasteiger charge is -2.36. The average Bonchev–Trinajstić information content (AvgIpc) is 3.72. The van der Waals surface area contributed by atoms with Crippen molar-refractivity contribution in [3.8, 4) is 17.0 Å². The molecule has 1 aromatic heterocycles. The third kappa shape index (κ3) is 6.02. The van der Waals surface area contributed by atoms with Gasteiger partial charge >= 0.3 is 0 Å². The molecular weight excluding hydrogens is 432 g/mol. The standard InChI is InChI=1S/C25H34N6O3/c1-28(2)11-12-31(25(33)19-7-8-19)18-24(32)30-15-13-29(14-16-30)23-10-9-22(26-27-23)20-5-4-6-21(17-20)34-3/h4-6,9-10,17,19H,7-8,11-16,18H2,1-3H3. The van der Waals surface area contributed by atoms with Gasteiger partial charge in [0.15, 0.2) is 5.82 Å². The Kier molecular flexibility index (Phi) is 7.62. The van der Waals surface area contributed by atoms with Crippen molar-refractivity contribution in [2.24, 2.45) is 5.92 Å². The number of likely N-dealkylation sites (N-methyl/N-ethyl adjacent to an activating group) is 1. The van der Waals surface area contributed by atoms with Crippen molar-refractivity contribution >= 4 is 17.6 Å². The van der Waals surface area contributed by atoms with Crippen molar-refractivity contribution in [1.82, 2.24) is 24.9 Å². The van der Waals surface area contributed by atoms with Crippen LogP contribution in [0.15, 0.2) is 36.4 Å². The lowest BCUT2D eigenvalue weighted by molar-refractivity contribution is -0.141. The molecule has 182 valence electrons. The number of benzene rings is 1. The molecule has 1 aromatic carbocycles. The van der Waals surface area contributed by atoms with Crippen LogP contribution in [0, 0.1) is 5.92 Å². The van der Waals surface area contributed by atoms with Gasteiger partial charge in [-0.3, -0.25) is 9.59 Å². The van der Waals surface area contributed by atoms with Crippen molar-refractivity contribution in [3.05, 3.63) is 36.4 Å². The molecule has 34 heavy (non-hydrogen) atoms. The maximum atomic E-state index is 13.0. The summed E-state index contributed by atoms with van der Waals surface area (Å²) in [5.74, 6) is 1.84. The van der Waals surface area contributed by atoms with Crippen LogP contribution in [0.3, 0.4) is 0 Å². The predicted octanol–water partition coefficient (Wildman–Crippen LogP) is 1.60. The van der Waals surface area contributed by atoms with E-state index < -0.39 is 0 Å². The molecule has 1 saturated carbocycles. The molecular formula is C25H34N6O3. The number of hydrogen-bond acceptors (Lipinski definition) is 7. The third-order valence-electron chi connectivity index (χ3n) is 6.35. The average molecular weight is 467 g/mol. The number of methoxy groups -OCH3 is 1. The molecule has 2 heterocycles. The van der Waals surface area contributed by atoms with Gasteiger partial charge in [0.2, 0.25) is 11.8 Å². The van der Waals surface area contributed by atoms with Crippen LogP contribution in [0.2, 0.25) is 0 Å². The Labute approximate surface area is 201 Å².